The van der Waals surface area contributed by atoms with Crippen LogP contribution < -0.4 is 9.64 Å². The molecule has 5 nitrogen and oxygen atoms in total. The summed E-state index contributed by atoms with van der Waals surface area (Å²) in [6.45, 7) is 4.95. The Morgan fingerprint density at radius 2 is 1.90 bits per heavy atom. The molecule has 1 aromatic heterocycles. The highest BCUT2D eigenvalue weighted by molar-refractivity contribution is 6.17. The third kappa shape index (κ3) is 3.94. The van der Waals surface area contributed by atoms with Crippen LogP contribution in [0.4, 0.5) is 5.82 Å². The lowest BCUT2D eigenvalue weighted by molar-refractivity contribution is 0.0727. The summed E-state index contributed by atoms with van der Waals surface area (Å²) in [6, 6.07) is 16.8. The molecule has 0 N–H and O–H groups in total. The van der Waals surface area contributed by atoms with E-state index in [1.54, 1.807) is 0 Å². The summed E-state index contributed by atoms with van der Waals surface area (Å²) in [5, 5.41) is 5.47. The molecule has 2 atom stereocenters. The van der Waals surface area contributed by atoms with Crippen molar-refractivity contribution in [1.82, 2.24) is 10.1 Å². The zero-order valence-corrected chi connectivity index (χ0v) is 17.2. The Hall–Kier alpha value is -2.24. The SMILES string of the molecule is ClCc1ccc(OCC2CCC3CN(c4noc5ccccc45)CCN3C2)cc1. The molecule has 6 heteroatoms. The number of piperidine rings is 1. The van der Waals surface area contributed by atoms with E-state index < -0.39 is 0 Å². The van der Waals surface area contributed by atoms with Crippen molar-refractivity contribution in [3.63, 3.8) is 0 Å². The van der Waals surface area contributed by atoms with E-state index in [1.807, 2.05) is 42.5 Å². The second-order valence-corrected chi connectivity index (χ2v) is 8.40. The highest BCUT2D eigenvalue weighted by Crippen LogP contribution is 2.31. The summed E-state index contributed by atoms with van der Waals surface area (Å²) in [6.07, 6.45) is 2.40. The zero-order valence-electron chi connectivity index (χ0n) is 16.5. The number of hydrogen-bond acceptors (Lipinski definition) is 5. The summed E-state index contributed by atoms with van der Waals surface area (Å²) in [5.41, 5.74) is 1.99. The number of fused-ring (bicyclic) bond motifs is 2. The average molecular weight is 412 g/mol. The summed E-state index contributed by atoms with van der Waals surface area (Å²) < 4.78 is 11.6. The first-order valence-electron chi connectivity index (χ1n) is 10.4. The predicted octanol–water partition coefficient (Wildman–Crippen LogP) is 4.55. The molecule has 2 aromatic carbocycles. The van der Waals surface area contributed by atoms with Crippen LogP contribution >= 0.6 is 11.6 Å². The van der Waals surface area contributed by atoms with Gasteiger partial charge < -0.3 is 14.2 Å². The summed E-state index contributed by atoms with van der Waals surface area (Å²) >= 11 is 5.86. The Morgan fingerprint density at radius 3 is 2.76 bits per heavy atom. The Labute approximate surface area is 176 Å². The van der Waals surface area contributed by atoms with Gasteiger partial charge in [0.2, 0.25) is 0 Å². The normalized spacial score (nSPS) is 22.6. The number of nitrogens with zero attached hydrogens (tertiary/aromatic N) is 3. The van der Waals surface area contributed by atoms with Crippen LogP contribution in [0, 0.1) is 5.92 Å². The molecule has 0 bridgehead atoms. The number of rotatable bonds is 5. The maximum Gasteiger partial charge on any atom is 0.180 e. The fourth-order valence-electron chi connectivity index (χ4n) is 4.58. The lowest BCUT2D eigenvalue weighted by atomic mass is 9.91. The number of anilines is 1. The number of alkyl halides is 1. The molecule has 3 aromatic rings. The molecule has 2 aliphatic heterocycles. The largest absolute Gasteiger partial charge is 0.493 e. The maximum atomic E-state index is 6.05. The Kier molecular flexibility index (Phi) is 5.34. The van der Waals surface area contributed by atoms with Crippen LogP contribution in [-0.2, 0) is 5.88 Å². The minimum atomic E-state index is 0.542. The van der Waals surface area contributed by atoms with Gasteiger partial charge in [0, 0.05) is 44.0 Å². The Morgan fingerprint density at radius 1 is 1.03 bits per heavy atom. The van der Waals surface area contributed by atoms with E-state index >= 15 is 0 Å². The highest BCUT2D eigenvalue weighted by atomic mass is 35.5. The molecule has 0 saturated carbocycles. The number of aromatic nitrogens is 1. The summed E-state index contributed by atoms with van der Waals surface area (Å²) in [4.78, 5) is 5.02. The highest BCUT2D eigenvalue weighted by Gasteiger charge is 2.34. The van der Waals surface area contributed by atoms with E-state index in [4.69, 9.17) is 20.9 Å². The van der Waals surface area contributed by atoms with Crippen molar-refractivity contribution in [3.05, 3.63) is 54.1 Å². The first-order valence-corrected chi connectivity index (χ1v) is 10.9. The van der Waals surface area contributed by atoms with E-state index in [-0.39, 0.29) is 0 Å². The zero-order chi connectivity index (χ0) is 19.6. The number of piperazine rings is 1. The van der Waals surface area contributed by atoms with Crippen LogP contribution in [0.25, 0.3) is 11.0 Å². The lowest BCUT2D eigenvalue weighted by Crippen LogP contribution is -2.57. The van der Waals surface area contributed by atoms with Gasteiger partial charge in [0.25, 0.3) is 0 Å². The molecule has 3 heterocycles. The van der Waals surface area contributed by atoms with E-state index in [9.17, 15) is 0 Å². The lowest BCUT2D eigenvalue weighted by Gasteiger charge is -2.46. The molecule has 29 heavy (non-hydrogen) atoms. The van der Waals surface area contributed by atoms with Crippen molar-refractivity contribution >= 4 is 28.4 Å². The van der Waals surface area contributed by atoms with Crippen LogP contribution in [0.15, 0.2) is 53.1 Å². The van der Waals surface area contributed by atoms with Crippen LogP contribution in [0.3, 0.4) is 0 Å². The second kappa shape index (κ2) is 8.25. The molecule has 0 spiro atoms. The Balaban J connectivity index is 1.17. The van der Waals surface area contributed by atoms with Crippen LogP contribution in [0.2, 0.25) is 0 Å². The van der Waals surface area contributed by atoms with Crippen molar-refractivity contribution in [3.8, 4) is 5.75 Å². The van der Waals surface area contributed by atoms with Crippen LogP contribution in [0.1, 0.15) is 18.4 Å². The molecule has 0 amide bonds. The monoisotopic (exact) mass is 411 g/mol. The molecule has 2 fully saturated rings. The smallest absolute Gasteiger partial charge is 0.180 e. The van der Waals surface area contributed by atoms with Gasteiger partial charge in [0.15, 0.2) is 11.4 Å². The van der Waals surface area contributed by atoms with Gasteiger partial charge in [-0.25, -0.2) is 0 Å². The Bertz CT molecular complexity index is 958. The van der Waals surface area contributed by atoms with E-state index in [0.29, 0.717) is 17.8 Å². The molecule has 2 saturated heterocycles. The quantitative estimate of drug-likeness (QED) is 0.576. The molecule has 0 radical (unpaired) electrons. The van der Waals surface area contributed by atoms with Crippen molar-refractivity contribution in [1.29, 1.82) is 0 Å². The minimum absolute atomic E-state index is 0.542. The van der Waals surface area contributed by atoms with Gasteiger partial charge in [-0.15, -0.1) is 11.6 Å². The van der Waals surface area contributed by atoms with Gasteiger partial charge in [-0.2, -0.15) is 0 Å². The molecule has 152 valence electrons. The first-order chi connectivity index (χ1) is 14.3. The number of para-hydroxylation sites is 1. The standard InChI is InChI=1S/C23H26ClN3O2/c24-13-17-6-9-20(10-7-17)28-16-18-5-8-19-15-27(12-11-26(19)14-18)23-21-3-1-2-4-22(21)29-25-23/h1-4,6-7,9-10,18-19H,5,8,11-16H2. The van der Waals surface area contributed by atoms with Gasteiger partial charge in [-0.1, -0.05) is 29.4 Å². The fraction of sp³-hybridized carbons (Fsp3) is 0.435. The third-order valence-corrected chi connectivity index (χ3v) is 6.54. The molecule has 2 aliphatic rings. The van der Waals surface area contributed by atoms with Crippen molar-refractivity contribution < 1.29 is 9.26 Å². The maximum absolute atomic E-state index is 6.05. The molecular formula is C23H26ClN3O2. The van der Waals surface area contributed by atoms with E-state index in [1.165, 1.54) is 12.8 Å². The van der Waals surface area contributed by atoms with E-state index in [2.05, 4.69) is 21.0 Å². The van der Waals surface area contributed by atoms with Gasteiger partial charge in [0.1, 0.15) is 5.75 Å². The van der Waals surface area contributed by atoms with Gasteiger partial charge in [-0.3, -0.25) is 4.90 Å². The van der Waals surface area contributed by atoms with Gasteiger partial charge in [0.05, 0.1) is 12.0 Å². The topological polar surface area (TPSA) is 41.7 Å². The van der Waals surface area contributed by atoms with Crippen LogP contribution in [0.5, 0.6) is 5.75 Å². The molecule has 5 rings (SSSR count). The van der Waals surface area contributed by atoms with E-state index in [0.717, 1.165) is 60.9 Å². The second-order valence-electron chi connectivity index (χ2n) is 8.13. The van der Waals surface area contributed by atoms with Crippen molar-refractivity contribution in [2.75, 3.05) is 37.7 Å². The molecule has 0 aliphatic carbocycles. The molecular weight excluding hydrogens is 386 g/mol. The van der Waals surface area contributed by atoms with Gasteiger partial charge in [-0.05, 0) is 42.7 Å². The summed E-state index contributed by atoms with van der Waals surface area (Å²) in [7, 11) is 0. The van der Waals surface area contributed by atoms with Crippen LogP contribution in [-0.4, -0.2) is 48.9 Å². The van der Waals surface area contributed by atoms with Crippen molar-refractivity contribution in [2.45, 2.75) is 24.8 Å². The average Bonchev–Trinajstić information content (AvgIpc) is 3.22. The summed E-state index contributed by atoms with van der Waals surface area (Å²) in [5.74, 6) is 3.05. The van der Waals surface area contributed by atoms with Crippen molar-refractivity contribution in [2.24, 2.45) is 5.92 Å². The number of benzene rings is 2. The first kappa shape index (κ1) is 18.8. The number of ether oxygens (including phenoxy) is 1. The minimum Gasteiger partial charge on any atom is -0.493 e. The number of halogens is 1. The predicted molar refractivity (Wildman–Crippen MR) is 116 cm³/mol. The number of hydrogen-bond donors (Lipinski definition) is 0. The fourth-order valence-corrected chi connectivity index (χ4v) is 4.75. The third-order valence-electron chi connectivity index (χ3n) is 6.23. The molecule has 2 unspecified atom stereocenters. The van der Waals surface area contributed by atoms with Gasteiger partial charge >= 0.3 is 0 Å².